The van der Waals surface area contributed by atoms with Crippen molar-refractivity contribution in [3.63, 3.8) is 0 Å². The smallest absolute Gasteiger partial charge is 0.263 e. The summed E-state index contributed by atoms with van der Waals surface area (Å²) < 4.78 is 2.42. The van der Waals surface area contributed by atoms with Gasteiger partial charge in [-0.15, -0.1) is 10.2 Å². The van der Waals surface area contributed by atoms with Gasteiger partial charge in [0, 0.05) is 10.9 Å². The molecule has 7 heteroatoms. The summed E-state index contributed by atoms with van der Waals surface area (Å²) in [6.45, 7) is 1.96. The summed E-state index contributed by atoms with van der Waals surface area (Å²) in [6, 6.07) is 7.78. The van der Waals surface area contributed by atoms with Crippen LogP contribution in [-0.2, 0) is 6.42 Å². The number of aryl methyl sites for hydroxylation is 1. The van der Waals surface area contributed by atoms with Crippen molar-refractivity contribution >= 4 is 28.1 Å². The first kappa shape index (κ1) is 12.6. The third-order valence-corrected chi connectivity index (χ3v) is 2.86. The fraction of sp³-hybridized carbons (Fsp3) is 0.182. The van der Waals surface area contributed by atoms with Crippen molar-refractivity contribution < 1.29 is 0 Å². The highest BCUT2D eigenvalue weighted by Crippen LogP contribution is 2.09. The third-order valence-electron chi connectivity index (χ3n) is 2.33. The van der Waals surface area contributed by atoms with Crippen molar-refractivity contribution in [3.8, 4) is 0 Å². The summed E-state index contributed by atoms with van der Waals surface area (Å²) in [6.07, 6.45) is 2.41. The van der Waals surface area contributed by atoms with Gasteiger partial charge in [-0.3, -0.25) is 0 Å². The number of hydrazone groups is 1. The lowest BCUT2D eigenvalue weighted by atomic mass is 10.2. The standard InChI is InChI=1S/C11H13BrN6/c1-2-10-15-17-11(18(10)13)16-14-7-8-3-5-9(12)6-4-8/h3-7H,2,13H2,1H3,(H,16,17)/b14-7+. The maximum Gasteiger partial charge on any atom is 0.263 e. The molecule has 0 unspecified atom stereocenters. The molecule has 0 spiro atoms. The second-order valence-electron chi connectivity index (χ2n) is 3.58. The van der Waals surface area contributed by atoms with Crippen LogP contribution in [0.5, 0.6) is 0 Å². The Morgan fingerprint density at radius 2 is 2.11 bits per heavy atom. The van der Waals surface area contributed by atoms with Gasteiger partial charge in [0.2, 0.25) is 0 Å². The van der Waals surface area contributed by atoms with Crippen molar-refractivity contribution in [2.24, 2.45) is 5.10 Å². The zero-order chi connectivity index (χ0) is 13.0. The number of halogens is 1. The van der Waals surface area contributed by atoms with E-state index in [2.05, 4.69) is 36.7 Å². The van der Waals surface area contributed by atoms with Crippen LogP contribution >= 0.6 is 15.9 Å². The van der Waals surface area contributed by atoms with E-state index in [1.807, 2.05) is 31.2 Å². The quantitative estimate of drug-likeness (QED) is 0.512. The Morgan fingerprint density at radius 3 is 2.72 bits per heavy atom. The topological polar surface area (TPSA) is 81.1 Å². The molecule has 0 saturated carbocycles. The summed E-state index contributed by atoms with van der Waals surface area (Å²) in [5.74, 6) is 6.88. The Kier molecular flexibility index (Phi) is 3.93. The number of benzene rings is 1. The van der Waals surface area contributed by atoms with Gasteiger partial charge >= 0.3 is 0 Å². The molecule has 2 aromatic rings. The molecule has 3 N–H and O–H groups in total. The van der Waals surface area contributed by atoms with Crippen molar-refractivity contribution in [2.45, 2.75) is 13.3 Å². The summed E-state index contributed by atoms with van der Waals surface area (Å²) in [7, 11) is 0. The average molecular weight is 309 g/mol. The first-order valence-electron chi connectivity index (χ1n) is 5.44. The predicted molar refractivity (Wildman–Crippen MR) is 74.9 cm³/mol. The number of hydrogen-bond acceptors (Lipinski definition) is 5. The molecule has 0 aliphatic carbocycles. The van der Waals surface area contributed by atoms with Crippen LogP contribution in [0.4, 0.5) is 5.95 Å². The highest BCUT2D eigenvalue weighted by molar-refractivity contribution is 9.10. The van der Waals surface area contributed by atoms with Crippen molar-refractivity contribution in [2.75, 3.05) is 11.3 Å². The maximum atomic E-state index is 5.76. The molecule has 6 nitrogen and oxygen atoms in total. The number of hydrogen-bond donors (Lipinski definition) is 2. The van der Waals surface area contributed by atoms with E-state index in [0.29, 0.717) is 11.8 Å². The molecule has 0 atom stereocenters. The van der Waals surface area contributed by atoms with Crippen molar-refractivity contribution in [1.29, 1.82) is 0 Å². The van der Waals surface area contributed by atoms with E-state index in [4.69, 9.17) is 5.84 Å². The predicted octanol–water partition coefficient (Wildman–Crippen LogP) is 1.76. The molecule has 0 radical (unpaired) electrons. The zero-order valence-electron chi connectivity index (χ0n) is 9.84. The van der Waals surface area contributed by atoms with Crippen LogP contribution in [0.15, 0.2) is 33.8 Å². The normalized spacial score (nSPS) is 11.0. The first-order chi connectivity index (χ1) is 8.70. The second-order valence-corrected chi connectivity index (χ2v) is 4.50. The summed E-state index contributed by atoms with van der Waals surface area (Å²) in [5, 5.41) is 11.9. The first-order valence-corrected chi connectivity index (χ1v) is 6.24. The Balaban J connectivity index is 2.02. The van der Waals surface area contributed by atoms with E-state index in [-0.39, 0.29) is 0 Å². The summed E-state index contributed by atoms with van der Waals surface area (Å²) in [4.78, 5) is 0. The molecule has 0 bridgehead atoms. The monoisotopic (exact) mass is 308 g/mol. The van der Waals surface area contributed by atoms with Gasteiger partial charge in [0.15, 0.2) is 5.82 Å². The van der Waals surface area contributed by atoms with Gasteiger partial charge in [-0.1, -0.05) is 35.0 Å². The van der Waals surface area contributed by atoms with Crippen LogP contribution in [0.1, 0.15) is 18.3 Å². The minimum atomic E-state index is 0.417. The van der Waals surface area contributed by atoms with E-state index >= 15 is 0 Å². The third kappa shape index (κ3) is 2.86. The van der Waals surface area contributed by atoms with E-state index in [9.17, 15) is 0 Å². The number of anilines is 1. The van der Waals surface area contributed by atoms with Crippen molar-refractivity contribution in [3.05, 3.63) is 40.1 Å². The minimum Gasteiger partial charge on any atom is -0.335 e. The molecule has 0 saturated heterocycles. The Labute approximate surface area is 113 Å². The van der Waals surface area contributed by atoms with Gasteiger partial charge in [0.25, 0.3) is 5.95 Å². The van der Waals surface area contributed by atoms with Gasteiger partial charge in [-0.25, -0.2) is 10.1 Å². The molecule has 1 aromatic carbocycles. The van der Waals surface area contributed by atoms with Gasteiger partial charge in [0.1, 0.15) is 0 Å². The van der Waals surface area contributed by atoms with Crippen LogP contribution < -0.4 is 11.3 Å². The van der Waals surface area contributed by atoms with Crippen LogP contribution in [0.25, 0.3) is 0 Å². The number of nitrogens with two attached hydrogens (primary N) is 1. The number of rotatable bonds is 4. The van der Waals surface area contributed by atoms with E-state index in [1.54, 1.807) is 6.21 Å². The van der Waals surface area contributed by atoms with Crippen LogP contribution in [0.2, 0.25) is 0 Å². The Hall–Kier alpha value is -1.89. The van der Waals surface area contributed by atoms with Crippen LogP contribution in [-0.4, -0.2) is 21.1 Å². The fourth-order valence-corrected chi connectivity index (χ4v) is 1.62. The molecule has 1 heterocycles. The lowest BCUT2D eigenvalue weighted by Gasteiger charge is -2.00. The van der Waals surface area contributed by atoms with Crippen LogP contribution in [0, 0.1) is 0 Å². The molecular formula is C11H13BrN6. The zero-order valence-corrected chi connectivity index (χ0v) is 11.4. The molecule has 0 aliphatic heterocycles. The fourth-order valence-electron chi connectivity index (χ4n) is 1.35. The lowest BCUT2D eigenvalue weighted by molar-refractivity contribution is 0.855. The van der Waals surface area contributed by atoms with Crippen LogP contribution in [0.3, 0.4) is 0 Å². The number of nitrogens with one attached hydrogen (secondary N) is 1. The number of aromatic nitrogens is 3. The molecule has 18 heavy (non-hydrogen) atoms. The summed E-state index contributed by atoms with van der Waals surface area (Å²) in [5.41, 5.74) is 3.73. The van der Waals surface area contributed by atoms with Crippen molar-refractivity contribution in [1.82, 2.24) is 14.9 Å². The summed E-state index contributed by atoms with van der Waals surface area (Å²) >= 11 is 3.37. The number of nitrogens with zero attached hydrogens (tertiary/aromatic N) is 4. The van der Waals surface area contributed by atoms with Gasteiger partial charge in [-0.05, 0) is 17.7 Å². The number of nitrogen functional groups attached to an aromatic ring is 1. The van der Waals surface area contributed by atoms with E-state index in [0.717, 1.165) is 16.5 Å². The average Bonchev–Trinajstić information content (AvgIpc) is 2.73. The maximum absolute atomic E-state index is 5.76. The molecule has 1 aromatic heterocycles. The highest BCUT2D eigenvalue weighted by atomic mass is 79.9. The lowest BCUT2D eigenvalue weighted by Crippen LogP contribution is -2.14. The Bertz CT molecular complexity index is 545. The molecule has 0 amide bonds. The van der Waals surface area contributed by atoms with Gasteiger partial charge in [0.05, 0.1) is 6.21 Å². The largest absolute Gasteiger partial charge is 0.335 e. The van der Waals surface area contributed by atoms with E-state index in [1.165, 1.54) is 4.68 Å². The molecule has 2 rings (SSSR count). The molecular weight excluding hydrogens is 296 g/mol. The molecule has 0 fully saturated rings. The molecule has 94 valence electrons. The Morgan fingerprint density at radius 1 is 1.39 bits per heavy atom. The second kappa shape index (κ2) is 5.63. The SMILES string of the molecule is CCc1nnc(N/N=C/c2ccc(Br)cc2)n1N. The molecule has 0 aliphatic rings. The van der Waals surface area contributed by atoms with Gasteiger partial charge < -0.3 is 5.84 Å². The highest BCUT2D eigenvalue weighted by Gasteiger charge is 2.05. The van der Waals surface area contributed by atoms with Gasteiger partial charge in [-0.2, -0.15) is 5.10 Å². The van der Waals surface area contributed by atoms with E-state index < -0.39 is 0 Å². The minimum absolute atomic E-state index is 0.417.